The molecule has 0 radical (unpaired) electrons. The molecule has 6 nitrogen and oxygen atoms in total. The normalized spacial score (nSPS) is 11.3. The van der Waals surface area contributed by atoms with Gasteiger partial charge in [0.1, 0.15) is 16.7 Å². The molecule has 0 aliphatic rings. The second-order valence-electron chi connectivity index (χ2n) is 4.01. The van der Waals surface area contributed by atoms with Gasteiger partial charge in [-0.3, -0.25) is 0 Å². The van der Waals surface area contributed by atoms with Crippen LogP contribution in [0.15, 0.2) is 18.3 Å². The molecule has 0 amide bonds. The zero-order chi connectivity index (χ0) is 13.2. The molecule has 0 saturated carbocycles. The fraction of sp³-hybridized carbons (Fsp3) is 0.273. The molecule has 3 aromatic rings. The number of nitrogens with zero attached hydrogens (tertiary/aromatic N) is 5. The van der Waals surface area contributed by atoms with E-state index in [-0.39, 0.29) is 6.61 Å². The van der Waals surface area contributed by atoms with Gasteiger partial charge in [0, 0.05) is 6.61 Å². The summed E-state index contributed by atoms with van der Waals surface area (Å²) in [6.45, 7) is 0.138. The first kappa shape index (κ1) is 12.5. The summed E-state index contributed by atoms with van der Waals surface area (Å²) in [6, 6.07) is 3.60. The molecule has 0 unspecified atom stereocenters. The maximum atomic E-state index is 8.82. The van der Waals surface area contributed by atoms with Gasteiger partial charge in [-0.1, -0.05) is 16.8 Å². The van der Waals surface area contributed by atoms with Crippen LogP contribution in [0.1, 0.15) is 12.1 Å². The molecular weight excluding hydrogens is 286 g/mol. The summed E-state index contributed by atoms with van der Waals surface area (Å²) in [7, 11) is 0. The quantitative estimate of drug-likeness (QED) is 0.795. The van der Waals surface area contributed by atoms with Gasteiger partial charge < -0.3 is 5.11 Å². The summed E-state index contributed by atoms with van der Waals surface area (Å²) in [5.74, 6) is 0. The predicted octanol–water partition coefficient (Wildman–Crippen LogP) is 1.85. The number of halogens is 1. The minimum Gasteiger partial charge on any atom is -0.396 e. The van der Waals surface area contributed by atoms with Crippen LogP contribution in [0, 0.1) is 0 Å². The van der Waals surface area contributed by atoms with Crippen LogP contribution in [-0.4, -0.2) is 35.5 Å². The fourth-order valence-corrected chi connectivity index (χ4v) is 2.59. The van der Waals surface area contributed by atoms with E-state index in [2.05, 4.69) is 19.1 Å². The summed E-state index contributed by atoms with van der Waals surface area (Å²) in [5, 5.41) is 17.5. The molecule has 3 rings (SSSR count). The maximum Gasteiger partial charge on any atom is 0.132 e. The highest BCUT2D eigenvalue weighted by Crippen LogP contribution is 2.27. The molecule has 0 spiro atoms. The Hall–Kier alpha value is -1.57. The number of hydrogen-bond acceptors (Lipinski definition) is 6. The molecule has 0 fully saturated rings. The molecule has 1 aromatic carbocycles. The highest BCUT2D eigenvalue weighted by molar-refractivity contribution is 7.00. The van der Waals surface area contributed by atoms with Gasteiger partial charge in [-0.15, -0.1) is 5.10 Å². The Balaban J connectivity index is 2.05. The van der Waals surface area contributed by atoms with Crippen LogP contribution in [0.3, 0.4) is 0 Å². The van der Waals surface area contributed by atoms with E-state index in [1.807, 2.05) is 6.07 Å². The molecule has 19 heavy (non-hydrogen) atoms. The average molecular weight is 296 g/mol. The molecule has 2 aromatic heterocycles. The number of aliphatic hydroxyl groups excluding tert-OH is 1. The Labute approximate surface area is 118 Å². The number of aryl methyl sites for hydroxylation is 1. The van der Waals surface area contributed by atoms with Crippen molar-refractivity contribution in [2.24, 2.45) is 0 Å². The monoisotopic (exact) mass is 295 g/mol. The van der Waals surface area contributed by atoms with Crippen molar-refractivity contribution in [3.05, 3.63) is 29.0 Å². The average Bonchev–Trinajstić information content (AvgIpc) is 3.04. The van der Waals surface area contributed by atoms with Crippen molar-refractivity contribution in [1.29, 1.82) is 0 Å². The molecule has 0 aliphatic heterocycles. The van der Waals surface area contributed by atoms with Crippen molar-refractivity contribution in [2.75, 3.05) is 6.61 Å². The van der Waals surface area contributed by atoms with Gasteiger partial charge in [0.05, 0.1) is 28.6 Å². The second kappa shape index (κ2) is 5.20. The van der Waals surface area contributed by atoms with E-state index < -0.39 is 0 Å². The van der Waals surface area contributed by atoms with E-state index in [4.69, 9.17) is 16.7 Å². The van der Waals surface area contributed by atoms with E-state index in [1.165, 1.54) is 0 Å². The molecule has 8 heteroatoms. The van der Waals surface area contributed by atoms with Crippen molar-refractivity contribution in [2.45, 2.75) is 12.8 Å². The first-order valence-corrected chi connectivity index (χ1v) is 6.83. The third kappa shape index (κ3) is 2.32. The number of aromatic nitrogens is 5. The van der Waals surface area contributed by atoms with Crippen molar-refractivity contribution in [3.63, 3.8) is 0 Å². The lowest BCUT2D eigenvalue weighted by atomic mass is 10.2. The molecule has 0 saturated heterocycles. The Kier molecular flexibility index (Phi) is 3.41. The molecule has 0 aliphatic carbocycles. The summed E-state index contributed by atoms with van der Waals surface area (Å²) >= 11 is 7.35. The molecule has 98 valence electrons. The first-order chi connectivity index (χ1) is 9.29. The van der Waals surface area contributed by atoms with Crippen LogP contribution in [0.4, 0.5) is 0 Å². The number of fused-ring (bicyclic) bond motifs is 1. The van der Waals surface area contributed by atoms with E-state index in [0.717, 1.165) is 28.5 Å². The van der Waals surface area contributed by atoms with Crippen LogP contribution < -0.4 is 0 Å². The SMILES string of the molecule is OCCCc1cn(-c2c(Cl)ccc3nsnc23)nn1. The Morgan fingerprint density at radius 1 is 1.32 bits per heavy atom. The van der Waals surface area contributed by atoms with Crippen LogP contribution in [0.25, 0.3) is 16.7 Å². The van der Waals surface area contributed by atoms with Crippen molar-refractivity contribution >= 4 is 34.4 Å². The number of benzene rings is 1. The minimum atomic E-state index is 0.138. The zero-order valence-electron chi connectivity index (χ0n) is 9.82. The molecular formula is C11H10ClN5OS. The first-order valence-electron chi connectivity index (χ1n) is 5.73. The van der Waals surface area contributed by atoms with Gasteiger partial charge in [-0.25, -0.2) is 4.68 Å². The third-order valence-electron chi connectivity index (χ3n) is 2.71. The number of hydrogen-bond donors (Lipinski definition) is 1. The van der Waals surface area contributed by atoms with Crippen LogP contribution in [0.5, 0.6) is 0 Å². The predicted molar refractivity (Wildman–Crippen MR) is 72.7 cm³/mol. The minimum absolute atomic E-state index is 0.138. The van der Waals surface area contributed by atoms with Crippen LogP contribution in [0.2, 0.25) is 5.02 Å². The lowest BCUT2D eigenvalue weighted by Gasteiger charge is -2.03. The standard InChI is InChI=1S/C11H10ClN5OS/c12-8-3-4-9-10(15-19-14-9)11(8)17-6-7(13-16-17)2-1-5-18/h3-4,6,18H,1-2,5H2. The van der Waals surface area contributed by atoms with E-state index >= 15 is 0 Å². The highest BCUT2D eigenvalue weighted by atomic mass is 35.5. The fourth-order valence-electron chi connectivity index (χ4n) is 1.81. The Morgan fingerprint density at radius 2 is 2.21 bits per heavy atom. The van der Waals surface area contributed by atoms with Gasteiger partial charge in [-0.2, -0.15) is 8.75 Å². The van der Waals surface area contributed by atoms with Crippen molar-refractivity contribution in [3.8, 4) is 5.69 Å². The summed E-state index contributed by atoms with van der Waals surface area (Å²) in [6.07, 6.45) is 3.14. The van der Waals surface area contributed by atoms with Crippen molar-refractivity contribution < 1.29 is 5.11 Å². The van der Waals surface area contributed by atoms with Gasteiger partial charge in [-0.05, 0) is 25.0 Å². The smallest absolute Gasteiger partial charge is 0.132 e. The van der Waals surface area contributed by atoms with Crippen LogP contribution >= 0.6 is 23.3 Å². The molecule has 0 bridgehead atoms. The molecule has 1 N–H and O–H groups in total. The Morgan fingerprint density at radius 3 is 3.05 bits per heavy atom. The van der Waals surface area contributed by atoms with Crippen molar-refractivity contribution in [1.82, 2.24) is 23.7 Å². The summed E-state index contributed by atoms with van der Waals surface area (Å²) in [5.41, 5.74) is 3.01. The second-order valence-corrected chi connectivity index (χ2v) is 4.95. The lowest BCUT2D eigenvalue weighted by molar-refractivity contribution is 0.288. The number of aliphatic hydroxyl groups is 1. The van der Waals surface area contributed by atoms with Gasteiger partial charge in [0.15, 0.2) is 0 Å². The maximum absolute atomic E-state index is 8.82. The lowest BCUT2D eigenvalue weighted by Crippen LogP contribution is -1.97. The zero-order valence-corrected chi connectivity index (χ0v) is 11.4. The van der Waals surface area contributed by atoms with Crippen LogP contribution in [-0.2, 0) is 6.42 Å². The third-order valence-corrected chi connectivity index (χ3v) is 3.56. The van der Waals surface area contributed by atoms with Gasteiger partial charge in [0.2, 0.25) is 0 Å². The van der Waals surface area contributed by atoms with E-state index in [9.17, 15) is 0 Å². The summed E-state index contributed by atoms with van der Waals surface area (Å²) < 4.78 is 10.0. The largest absolute Gasteiger partial charge is 0.396 e. The molecule has 0 atom stereocenters. The van der Waals surface area contributed by atoms with Gasteiger partial charge in [0.25, 0.3) is 0 Å². The highest BCUT2D eigenvalue weighted by Gasteiger charge is 2.13. The van der Waals surface area contributed by atoms with E-state index in [0.29, 0.717) is 23.6 Å². The van der Waals surface area contributed by atoms with E-state index in [1.54, 1.807) is 16.9 Å². The summed E-state index contributed by atoms with van der Waals surface area (Å²) in [4.78, 5) is 0. The number of rotatable bonds is 4. The molecule has 2 heterocycles. The Bertz CT molecular complexity index is 710. The van der Waals surface area contributed by atoms with Gasteiger partial charge >= 0.3 is 0 Å². The topological polar surface area (TPSA) is 76.7 Å².